The molecular weight excluding hydrogens is 290 g/mol. The normalized spacial score (nSPS) is 11.1. The zero-order valence-corrected chi connectivity index (χ0v) is 11.5. The van der Waals surface area contributed by atoms with E-state index in [1.54, 1.807) is 0 Å². The van der Waals surface area contributed by atoms with Crippen molar-refractivity contribution >= 4 is 42.1 Å². The molecule has 112 valence electrons. The van der Waals surface area contributed by atoms with Crippen LogP contribution in [0.2, 0.25) is 0 Å². The van der Waals surface area contributed by atoms with Crippen molar-refractivity contribution in [2.45, 2.75) is 12.2 Å². The van der Waals surface area contributed by atoms with E-state index in [1.807, 2.05) is 5.32 Å². The maximum atomic E-state index is 11.3. The van der Waals surface area contributed by atoms with Gasteiger partial charge in [0.25, 0.3) is 0 Å². The number of rotatable bonds is 8. The minimum atomic E-state index is -1.21. The fourth-order valence-electron chi connectivity index (χ4n) is 0.927. The molecule has 3 amide bonds. The smallest absolute Gasteiger partial charge is 0.322 e. The maximum Gasteiger partial charge on any atom is 0.322 e. The fraction of sp³-hybridized carbons (Fsp3) is 0.500. The Hall–Kier alpha value is -2.10. The van der Waals surface area contributed by atoms with Crippen molar-refractivity contribution in [3.63, 3.8) is 0 Å². The number of amides is 3. The predicted octanol–water partition coefficient (Wildman–Crippen LogP) is -2.69. The highest BCUT2D eigenvalue weighted by Crippen LogP contribution is 1.95. The van der Waals surface area contributed by atoms with Crippen molar-refractivity contribution < 1.29 is 29.1 Å². The molecule has 9 nitrogen and oxygen atoms in total. The van der Waals surface area contributed by atoms with Gasteiger partial charge in [0.05, 0.1) is 13.1 Å². The Morgan fingerprint density at radius 3 is 1.85 bits per heavy atom. The van der Waals surface area contributed by atoms with Crippen LogP contribution in [0, 0.1) is 0 Å². The van der Waals surface area contributed by atoms with Crippen LogP contribution in [0.1, 0.15) is 6.92 Å². The molecule has 10 heteroatoms. The summed E-state index contributed by atoms with van der Waals surface area (Å²) in [6.07, 6.45) is 0. The summed E-state index contributed by atoms with van der Waals surface area (Å²) < 4.78 is 0. The number of hydrogen-bond acceptors (Lipinski definition) is 6. The molecule has 0 aromatic rings. The lowest BCUT2D eigenvalue weighted by atomic mass is 10.3. The van der Waals surface area contributed by atoms with Crippen LogP contribution < -0.4 is 16.0 Å². The minimum absolute atomic E-state index is 0.418. The second kappa shape index (κ2) is 8.91. The summed E-state index contributed by atoms with van der Waals surface area (Å²) in [6, 6.07) is 0. The van der Waals surface area contributed by atoms with E-state index < -0.39 is 54.4 Å². The Balaban J connectivity index is 3.90. The molecule has 0 aromatic carbocycles. The molecule has 0 aliphatic rings. The first kappa shape index (κ1) is 17.9. The molecule has 20 heavy (non-hydrogen) atoms. The van der Waals surface area contributed by atoms with Gasteiger partial charge in [0.15, 0.2) is 5.78 Å². The largest absolute Gasteiger partial charge is 0.480 e. The number of carbonyl (C=O) groups is 5. The van der Waals surface area contributed by atoms with Crippen LogP contribution in [0.25, 0.3) is 0 Å². The number of carbonyl (C=O) groups excluding carboxylic acids is 4. The van der Waals surface area contributed by atoms with Crippen molar-refractivity contribution in [3.05, 3.63) is 0 Å². The molecule has 0 bridgehead atoms. The van der Waals surface area contributed by atoms with Gasteiger partial charge in [0, 0.05) is 0 Å². The number of thiol groups is 1. The summed E-state index contributed by atoms with van der Waals surface area (Å²) in [4.78, 5) is 54.6. The molecule has 0 radical (unpaired) electrons. The molecule has 4 N–H and O–H groups in total. The van der Waals surface area contributed by atoms with Crippen LogP contribution >= 0.6 is 12.6 Å². The number of aliphatic carboxylic acids is 1. The van der Waals surface area contributed by atoms with E-state index in [0.29, 0.717) is 0 Å². The van der Waals surface area contributed by atoms with Gasteiger partial charge in [-0.2, -0.15) is 12.6 Å². The Kier molecular flexibility index (Phi) is 7.97. The van der Waals surface area contributed by atoms with Crippen molar-refractivity contribution in [1.29, 1.82) is 0 Å². The summed E-state index contributed by atoms with van der Waals surface area (Å²) in [6.45, 7) is -0.204. The van der Waals surface area contributed by atoms with Gasteiger partial charge in [-0.15, -0.1) is 0 Å². The van der Waals surface area contributed by atoms with Gasteiger partial charge in [0.1, 0.15) is 11.8 Å². The molecule has 0 aliphatic carbocycles. The third kappa shape index (κ3) is 8.08. The van der Waals surface area contributed by atoms with Crippen molar-refractivity contribution in [3.8, 4) is 0 Å². The van der Waals surface area contributed by atoms with E-state index in [1.165, 1.54) is 6.92 Å². The Labute approximate surface area is 119 Å². The summed E-state index contributed by atoms with van der Waals surface area (Å²) in [7, 11) is 0. The number of hydrogen-bond donors (Lipinski definition) is 5. The van der Waals surface area contributed by atoms with Gasteiger partial charge in [-0.1, -0.05) is 0 Å². The Morgan fingerprint density at radius 1 is 0.950 bits per heavy atom. The van der Waals surface area contributed by atoms with E-state index in [9.17, 15) is 24.0 Å². The number of carboxylic acid groups (broad SMARTS) is 1. The molecular formula is C10H15N3O6S. The molecule has 0 saturated heterocycles. The molecule has 0 rings (SSSR count). The lowest BCUT2D eigenvalue weighted by molar-refractivity contribution is -0.138. The fourth-order valence-corrected chi connectivity index (χ4v) is 1.02. The van der Waals surface area contributed by atoms with Crippen molar-refractivity contribution in [2.75, 3.05) is 19.6 Å². The van der Waals surface area contributed by atoms with E-state index in [2.05, 4.69) is 23.3 Å². The molecule has 0 fully saturated rings. The first-order valence-electron chi connectivity index (χ1n) is 5.45. The third-order valence-electron chi connectivity index (χ3n) is 1.94. The zero-order valence-electron chi connectivity index (χ0n) is 10.6. The average molecular weight is 305 g/mol. The number of ketones is 1. The molecule has 1 atom stereocenters. The van der Waals surface area contributed by atoms with E-state index in [-0.39, 0.29) is 0 Å². The topological polar surface area (TPSA) is 142 Å². The highest BCUT2D eigenvalue weighted by Gasteiger charge is 2.18. The number of Topliss-reactive ketones (excluding diaryl/α,β-unsaturated/α-hetero) is 1. The zero-order chi connectivity index (χ0) is 15.7. The van der Waals surface area contributed by atoms with Gasteiger partial charge in [-0.3, -0.25) is 24.0 Å². The summed E-state index contributed by atoms with van der Waals surface area (Å²) >= 11 is 3.74. The van der Waals surface area contributed by atoms with Gasteiger partial charge in [-0.25, -0.2) is 0 Å². The van der Waals surface area contributed by atoms with E-state index >= 15 is 0 Å². The van der Waals surface area contributed by atoms with Crippen LogP contribution in [0.5, 0.6) is 0 Å². The van der Waals surface area contributed by atoms with Crippen LogP contribution in [0.4, 0.5) is 0 Å². The average Bonchev–Trinajstić information content (AvgIpc) is 2.38. The van der Waals surface area contributed by atoms with E-state index in [4.69, 9.17) is 5.11 Å². The van der Waals surface area contributed by atoms with Crippen LogP contribution in [-0.2, 0) is 24.0 Å². The lowest BCUT2D eigenvalue weighted by Crippen LogP contribution is -2.45. The van der Waals surface area contributed by atoms with Crippen LogP contribution in [0.3, 0.4) is 0 Å². The van der Waals surface area contributed by atoms with Gasteiger partial charge >= 0.3 is 5.97 Å². The SMILES string of the molecule is CC(=O)[C@H](S)C(=O)NCC(=O)NCC(=O)NCC(=O)O. The first-order chi connectivity index (χ1) is 9.23. The van der Waals surface area contributed by atoms with Gasteiger partial charge < -0.3 is 21.1 Å². The number of carboxylic acids is 1. The second-order valence-corrected chi connectivity index (χ2v) is 4.19. The van der Waals surface area contributed by atoms with Gasteiger partial charge in [-0.05, 0) is 6.92 Å². The quantitative estimate of drug-likeness (QED) is 0.244. The molecule has 0 saturated carbocycles. The van der Waals surface area contributed by atoms with Gasteiger partial charge in [0.2, 0.25) is 17.7 Å². The highest BCUT2D eigenvalue weighted by atomic mass is 32.1. The predicted molar refractivity (Wildman–Crippen MR) is 70.1 cm³/mol. The van der Waals surface area contributed by atoms with Crippen LogP contribution in [-0.4, -0.2) is 59.5 Å². The Morgan fingerprint density at radius 2 is 1.40 bits per heavy atom. The third-order valence-corrected chi connectivity index (χ3v) is 2.54. The van der Waals surface area contributed by atoms with Crippen LogP contribution in [0.15, 0.2) is 0 Å². The maximum absolute atomic E-state index is 11.3. The summed E-state index contributed by atoms with van der Waals surface area (Å²) in [5.74, 6) is -3.72. The summed E-state index contributed by atoms with van der Waals surface area (Å²) in [5.41, 5.74) is 0. The standard InChI is InChI=1S/C10H15N3O6S/c1-5(14)9(20)10(19)13-3-7(16)11-2-6(15)12-4-8(17)18/h9,20H,2-4H2,1H3,(H,11,16)(H,12,15)(H,13,19)(H,17,18)/t9-/m0/s1. The lowest BCUT2D eigenvalue weighted by Gasteiger charge is -2.09. The molecule has 0 unspecified atom stereocenters. The highest BCUT2D eigenvalue weighted by molar-refractivity contribution is 7.82. The molecule has 0 heterocycles. The minimum Gasteiger partial charge on any atom is -0.480 e. The van der Waals surface area contributed by atoms with Crippen molar-refractivity contribution in [2.24, 2.45) is 0 Å². The number of nitrogens with one attached hydrogen (secondary N) is 3. The molecule has 0 aromatic heterocycles. The molecule has 0 aliphatic heterocycles. The first-order valence-corrected chi connectivity index (χ1v) is 5.97. The summed E-state index contributed by atoms with van der Waals surface area (Å²) in [5, 5.41) is 13.5. The second-order valence-electron chi connectivity index (χ2n) is 3.68. The van der Waals surface area contributed by atoms with E-state index in [0.717, 1.165) is 0 Å². The molecule has 0 spiro atoms. The monoisotopic (exact) mass is 305 g/mol. The van der Waals surface area contributed by atoms with Crippen molar-refractivity contribution in [1.82, 2.24) is 16.0 Å². The Bertz CT molecular complexity index is 425.